The molecule has 142 valence electrons. The summed E-state index contributed by atoms with van der Waals surface area (Å²) in [6, 6.07) is 5.06. The number of hydrogen-bond donors (Lipinski definition) is 2. The van der Waals surface area contributed by atoms with Gasteiger partial charge in [0.1, 0.15) is 5.75 Å². The van der Waals surface area contributed by atoms with Crippen molar-refractivity contribution in [3.05, 3.63) is 23.8 Å². The Hall–Kier alpha value is -2.29. The number of nitrogens with zero attached hydrogens (tertiary/aromatic N) is 2. The Morgan fingerprint density at radius 3 is 3.04 bits per heavy atom. The molecule has 0 unspecified atom stereocenters. The number of fused-ring (bicyclic) bond motifs is 1. The number of likely N-dealkylation sites (tertiary alicyclic amines) is 1. The Bertz CT molecular complexity index is 822. The first-order valence-electron chi connectivity index (χ1n) is 8.81. The number of benzene rings is 1. The minimum atomic E-state index is -3.81. The second-order valence-electron chi connectivity index (χ2n) is 6.64. The lowest BCUT2D eigenvalue weighted by Crippen LogP contribution is -2.41. The van der Waals surface area contributed by atoms with Crippen molar-refractivity contribution in [2.45, 2.75) is 32.6 Å². The maximum atomic E-state index is 12.1. The van der Waals surface area contributed by atoms with Gasteiger partial charge in [-0.05, 0) is 31.4 Å². The van der Waals surface area contributed by atoms with E-state index in [2.05, 4.69) is 9.12 Å². The van der Waals surface area contributed by atoms with E-state index in [0.717, 1.165) is 25.8 Å². The van der Waals surface area contributed by atoms with Gasteiger partial charge in [-0.2, -0.15) is 8.42 Å². The number of nitrogens with one attached hydrogen (secondary N) is 1. The highest BCUT2D eigenvalue weighted by atomic mass is 32.2. The smallest absolute Gasteiger partial charge is 0.344 e. The van der Waals surface area contributed by atoms with Gasteiger partial charge in [0.15, 0.2) is 5.84 Å². The molecular weight excluding hydrogens is 356 g/mol. The molecule has 0 saturated carbocycles. The van der Waals surface area contributed by atoms with E-state index in [1.165, 1.54) is 0 Å². The van der Waals surface area contributed by atoms with Crippen molar-refractivity contribution in [2.24, 2.45) is 16.0 Å². The van der Waals surface area contributed by atoms with Gasteiger partial charge in [-0.15, -0.1) is 4.40 Å². The number of rotatable bonds is 5. The number of nitrogens with two attached hydrogens (primary N) is 1. The van der Waals surface area contributed by atoms with Crippen LogP contribution in [0.2, 0.25) is 0 Å². The predicted molar refractivity (Wildman–Crippen MR) is 99.4 cm³/mol. The Morgan fingerprint density at radius 1 is 1.46 bits per heavy atom. The summed E-state index contributed by atoms with van der Waals surface area (Å²) in [6.07, 6.45) is 3.37. The molecule has 0 aromatic heterocycles. The van der Waals surface area contributed by atoms with Gasteiger partial charge in [0.2, 0.25) is 5.91 Å². The summed E-state index contributed by atoms with van der Waals surface area (Å²) < 4.78 is 35.1. The number of amidine groups is 1. The van der Waals surface area contributed by atoms with E-state index in [0.29, 0.717) is 36.6 Å². The van der Waals surface area contributed by atoms with Gasteiger partial charge in [0, 0.05) is 25.4 Å². The highest BCUT2D eigenvalue weighted by molar-refractivity contribution is 7.91. The molecule has 2 heterocycles. The number of ether oxygens (including phenoxy) is 1. The number of anilines is 1. The first-order valence-corrected chi connectivity index (χ1v) is 10.3. The minimum Gasteiger partial charge on any atom is -0.492 e. The maximum Gasteiger partial charge on any atom is 0.344 e. The van der Waals surface area contributed by atoms with E-state index in [4.69, 9.17) is 10.5 Å². The molecule has 3 N–H and O–H groups in total. The largest absolute Gasteiger partial charge is 0.492 e. The maximum absolute atomic E-state index is 12.1. The molecule has 8 nitrogen and oxygen atoms in total. The molecule has 0 aliphatic carbocycles. The Balaban J connectivity index is 1.69. The van der Waals surface area contributed by atoms with Crippen LogP contribution in [-0.2, 0) is 15.0 Å². The second-order valence-corrected chi connectivity index (χ2v) is 7.98. The molecule has 0 radical (unpaired) electrons. The molecule has 2 aliphatic heterocycles. The number of piperidine rings is 1. The van der Waals surface area contributed by atoms with Crippen molar-refractivity contribution in [1.29, 1.82) is 0 Å². The average molecular weight is 380 g/mol. The van der Waals surface area contributed by atoms with Gasteiger partial charge < -0.3 is 15.4 Å². The Labute approximate surface area is 153 Å². The van der Waals surface area contributed by atoms with Crippen LogP contribution in [-0.4, -0.2) is 44.8 Å². The summed E-state index contributed by atoms with van der Waals surface area (Å²) in [4.78, 5) is 14.0. The van der Waals surface area contributed by atoms with Crippen LogP contribution in [0.5, 0.6) is 5.75 Å². The van der Waals surface area contributed by atoms with Gasteiger partial charge in [-0.3, -0.25) is 9.52 Å². The monoisotopic (exact) mass is 380 g/mol. The fourth-order valence-corrected chi connectivity index (χ4v) is 4.19. The summed E-state index contributed by atoms with van der Waals surface area (Å²) in [5, 5.41) is 0. The van der Waals surface area contributed by atoms with E-state index in [-0.39, 0.29) is 17.7 Å². The fraction of sp³-hybridized carbons (Fsp3) is 0.529. The molecule has 1 saturated heterocycles. The van der Waals surface area contributed by atoms with Crippen molar-refractivity contribution in [3.8, 4) is 5.75 Å². The van der Waals surface area contributed by atoms with Crippen LogP contribution in [0.25, 0.3) is 0 Å². The van der Waals surface area contributed by atoms with Gasteiger partial charge in [-0.1, -0.05) is 13.0 Å². The quantitative estimate of drug-likeness (QED) is 0.803. The van der Waals surface area contributed by atoms with E-state index in [9.17, 15) is 13.2 Å². The van der Waals surface area contributed by atoms with Gasteiger partial charge in [0.25, 0.3) is 0 Å². The first kappa shape index (κ1) is 18.5. The van der Waals surface area contributed by atoms with E-state index >= 15 is 0 Å². The third-order valence-corrected chi connectivity index (χ3v) is 5.46. The summed E-state index contributed by atoms with van der Waals surface area (Å²) in [5.74, 6) is 0.833. The van der Waals surface area contributed by atoms with Gasteiger partial charge in [0.05, 0.1) is 17.9 Å². The van der Waals surface area contributed by atoms with Crippen molar-refractivity contribution in [2.75, 3.05) is 24.4 Å². The molecule has 9 heteroatoms. The normalized spacial score (nSPS) is 21.3. The zero-order chi connectivity index (χ0) is 18.7. The molecule has 1 aromatic carbocycles. The Kier molecular flexibility index (Phi) is 5.36. The minimum absolute atomic E-state index is 0.0854. The van der Waals surface area contributed by atoms with Gasteiger partial charge >= 0.3 is 10.2 Å². The lowest BCUT2D eigenvalue weighted by Gasteiger charge is -2.33. The number of carbonyl (C=O) groups is 1. The highest BCUT2D eigenvalue weighted by Crippen LogP contribution is 2.31. The van der Waals surface area contributed by atoms with Crippen LogP contribution in [0.3, 0.4) is 0 Å². The fourth-order valence-electron chi connectivity index (χ4n) is 3.34. The molecule has 0 spiro atoms. The number of carbonyl (C=O) groups excluding carboxylic acids is 1. The summed E-state index contributed by atoms with van der Waals surface area (Å²) in [6.45, 7) is 3.93. The molecule has 3 rings (SSSR count). The van der Waals surface area contributed by atoms with E-state index in [1.54, 1.807) is 18.2 Å². The summed E-state index contributed by atoms with van der Waals surface area (Å²) >= 11 is 0. The van der Waals surface area contributed by atoms with Crippen LogP contribution in [0.4, 0.5) is 5.69 Å². The lowest BCUT2D eigenvalue weighted by atomic mass is 9.98. The van der Waals surface area contributed by atoms with Crippen LogP contribution in [0.15, 0.2) is 22.6 Å². The van der Waals surface area contributed by atoms with Crippen LogP contribution in [0.1, 0.15) is 38.2 Å². The van der Waals surface area contributed by atoms with E-state index < -0.39 is 10.2 Å². The SMILES string of the molecule is CCCC(=O)N1CCC[C@H](COc2cccc3c2C(N)=NS(=O)(=O)N3)C1. The number of hydrogen-bond acceptors (Lipinski definition) is 5. The van der Waals surface area contributed by atoms with Crippen LogP contribution >= 0.6 is 0 Å². The van der Waals surface area contributed by atoms with Crippen molar-refractivity contribution >= 4 is 27.6 Å². The third kappa shape index (κ3) is 4.09. The average Bonchev–Trinajstić information content (AvgIpc) is 2.59. The van der Waals surface area contributed by atoms with Crippen LogP contribution in [0, 0.1) is 5.92 Å². The van der Waals surface area contributed by atoms with Crippen molar-refractivity contribution in [1.82, 2.24) is 4.90 Å². The number of amides is 1. The molecule has 0 bridgehead atoms. The molecule has 1 fully saturated rings. The molecule has 2 aliphatic rings. The zero-order valence-electron chi connectivity index (χ0n) is 14.8. The van der Waals surface area contributed by atoms with Crippen molar-refractivity contribution < 1.29 is 17.9 Å². The molecular formula is C17H24N4O4S. The third-order valence-electron chi connectivity index (χ3n) is 4.55. The molecule has 1 atom stereocenters. The standard InChI is InChI=1S/C17H24N4O4S/c1-2-5-15(22)21-9-4-6-12(10-21)11-25-14-8-3-7-13-16(14)17(18)20-26(23,24)19-13/h3,7-8,12,19H,2,4-6,9-11H2,1H3,(H2,18,20)/t12-/m0/s1. The second kappa shape index (κ2) is 7.53. The van der Waals surface area contributed by atoms with Gasteiger partial charge in [-0.25, -0.2) is 0 Å². The molecule has 1 aromatic rings. The predicted octanol–water partition coefficient (Wildman–Crippen LogP) is 1.48. The van der Waals surface area contributed by atoms with E-state index in [1.807, 2.05) is 11.8 Å². The topological polar surface area (TPSA) is 114 Å². The molecule has 26 heavy (non-hydrogen) atoms. The zero-order valence-corrected chi connectivity index (χ0v) is 15.6. The Morgan fingerprint density at radius 2 is 2.27 bits per heavy atom. The lowest BCUT2D eigenvalue weighted by molar-refractivity contribution is -0.133. The first-order chi connectivity index (χ1) is 12.4. The summed E-state index contributed by atoms with van der Waals surface area (Å²) in [5.41, 5.74) is 6.64. The van der Waals surface area contributed by atoms with Crippen LogP contribution < -0.4 is 15.2 Å². The highest BCUT2D eigenvalue weighted by Gasteiger charge is 2.26. The summed E-state index contributed by atoms with van der Waals surface area (Å²) in [7, 11) is -3.81. The van der Waals surface area contributed by atoms with Crippen molar-refractivity contribution in [3.63, 3.8) is 0 Å². The molecule has 1 amide bonds.